The van der Waals surface area contributed by atoms with Crippen molar-refractivity contribution in [2.45, 2.75) is 64.7 Å². The van der Waals surface area contributed by atoms with Gasteiger partial charge in [0, 0.05) is 28.7 Å². The van der Waals surface area contributed by atoms with Crippen molar-refractivity contribution in [1.29, 1.82) is 5.26 Å². The molecule has 0 aromatic carbocycles. The van der Waals surface area contributed by atoms with Crippen LogP contribution in [0.2, 0.25) is 0 Å². The van der Waals surface area contributed by atoms with Gasteiger partial charge in [0.1, 0.15) is 6.10 Å². The fourth-order valence-corrected chi connectivity index (χ4v) is 3.26. The molecule has 0 radical (unpaired) electrons. The van der Waals surface area contributed by atoms with Gasteiger partial charge in [-0.1, -0.05) is 27.7 Å². The van der Waals surface area contributed by atoms with Crippen molar-refractivity contribution in [3.63, 3.8) is 0 Å². The highest BCUT2D eigenvalue weighted by Gasteiger charge is 2.61. The first-order valence-corrected chi connectivity index (χ1v) is 6.52. The monoisotopic (exact) mass is 258 g/mol. The second kappa shape index (κ2) is 4.76. The van der Waals surface area contributed by atoms with Crippen LogP contribution in [-0.2, 0) is 4.74 Å². The minimum absolute atomic E-state index is 0.00469. The normalized spacial score (nSPS) is 33.3. The zero-order valence-corrected chi connectivity index (χ0v) is 12.1. The van der Waals surface area contributed by atoms with Gasteiger partial charge in [-0.3, -0.25) is 0 Å². The lowest BCUT2D eigenvalue weighted by molar-refractivity contribution is -0.213. The van der Waals surface area contributed by atoms with Gasteiger partial charge < -0.3 is 10.5 Å². The molecule has 0 bridgehead atoms. The molecule has 2 unspecified atom stereocenters. The number of nitrogens with zero attached hydrogens (tertiary/aromatic N) is 1. The average molecular weight is 259 g/mol. The number of hydrogen-bond donors (Lipinski definition) is 1. The number of rotatable bonds is 4. The van der Waals surface area contributed by atoms with Crippen molar-refractivity contribution in [3.8, 4) is 6.07 Å². The molecule has 0 saturated heterocycles. The topological polar surface area (TPSA) is 59.0 Å². The van der Waals surface area contributed by atoms with Crippen molar-refractivity contribution in [2.75, 3.05) is 0 Å². The van der Waals surface area contributed by atoms with Crippen LogP contribution in [0, 0.1) is 22.2 Å². The summed E-state index contributed by atoms with van der Waals surface area (Å²) in [7, 11) is 0. The SMILES string of the molecule is CC(Cl)CC(C#N)OC1C(C)(C)C(N)C1(C)C. The van der Waals surface area contributed by atoms with Crippen LogP contribution in [0.5, 0.6) is 0 Å². The van der Waals surface area contributed by atoms with Crippen molar-refractivity contribution in [1.82, 2.24) is 0 Å². The van der Waals surface area contributed by atoms with E-state index in [2.05, 4.69) is 33.8 Å². The molecule has 1 saturated carbocycles. The molecule has 1 aliphatic rings. The number of hydrogen-bond acceptors (Lipinski definition) is 3. The largest absolute Gasteiger partial charge is 0.359 e. The molecule has 3 nitrogen and oxygen atoms in total. The van der Waals surface area contributed by atoms with Gasteiger partial charge in [0.05, 0.1) is 12.2 Å². The maximum Gasteiger partial charge on any atom is 0.145 e. The zero-order chi connectivity index (χ0) is 13.4. The molecule has 1 rings (SSSR count). The van der Waals surface area contributed by atoms with E-state index in [1.165, 1.54) is 0 Å². The highest BCUT2D eigenvalue weighted by atomic mass is 35.5. The lowest BCUT2D eigenvalue weighted by Gasteiger charge is -2.62. The van der Waals surface area contributed by atoms with Crippen molar-refractivity contribution in [3.05, 3.63) is 0 Å². The van der Waals surface area contributed by atoms with Crippen molar-refractivity contribution in [2.24, 2.45) is 16.6 Å². The fraction of sp³-hybridized carbons (Fsp3) is 0.923. The molecule has 2 N–H and O–H groups in total. The third kappa shape index (κ3) is 2.59. The van der Waals surface area contributed by atoms with Gasteiger partial charge in [0.15, 0.2) is 0 Å². The molecule has 0 heterocycles. The van der Waals surface area contributed by atoms with Gasteiger partial charge >= 0.3 is 0 Å². The van der Waals surface area contributed by atoms with Crippen molar-refractivity contribution >= 4 is 11.6 Å². The van der Waals surface area contributed by atoms with Gasteiger partial charge in [-0.15, -0.1) is 11.6 Å². The first-order valence-electron chi connectivity index (χ1n) is 6.08. The third-order valence-electron chi connectivity index (χ3n) is 3.94. The Hall–Kier alpha value is -0.300. The Morgan fingerprint density at radius 2 is 1.82 bits per heavy atom. The number of nitriles is 1. The maximum absolute atomic E-state index is 9.08. The number of halogens is 1. The number of alkyl halides is 1. The minimum atomic E-state index is -0.446. The third-order valence-corrected chi connectivity index (χ3v) is 4.12. The van der Waals surface area contributed by atoms with Crippen LogP contribution in [0.25, 0.3) is 0 Å². The van der Waals surface area contributed by atoms with Gasteiger partial charge in [-0.25, -0.2) is 0 Å². The van der Waals surface area contributed by atoms with E-state index in [0.29, 0.717) is 6.42 Å². The van der Waals surface area contributed by atoms with Gasteiger partial charge in [0.2, 0.25) is 0 Å². The van der Waals surface area contributed by atoms with Crippen LogP contribution < -0.4 is 5.73 Å². The Morgan fingerprint density at radius 3 is 2.18 bits per heavy atom. The maximum atomic E-state index is 9.08. The Morgan fingerprint density at radius 1 is 1.35 bits per heavy atom. The summed E-state index contributed by atoms with van der Waals surface area (Å²) in [5.74, 6) is 0. The summed E-state index contributed by atoms with van der Waals surface area (Å²) in [6, 6.07) is 2.27. The van der Waals surface area contributed by atoms with Crippen LogP contribution in [-0.4, -0.2) is 23.6 Å². The molecule has 2 atom stereocenters. The van der Waals surface area contributed by atoms with Crippen molar-refractivity contribution < 1.29 is 4.74 Å². The van der Waals surface area contributed by atoms with E-state index in [-0.39, 0.29) is 28.4 Å². The molecule has 1 fully saturated rings. The van der Waals surface area contributed by atoms with E-state index in [9.17, 15) is 0 Å². The molecular weight excluding hydrogens is 236 g/mol. The van der Waals surface area contributed by atoms with Crippen LogP contribution in [0.3, 0.4) is 0 Å². The molecule has 98 valence electrons. The summed E-state index contributed by atoms with van der Waals surface area (Å²) in [4.78, 5) is 0. The molecule has 0 aliphatic heterocycles. The zero-order valence-electron chi connectivity index (χ0n) is 11.3. The molecule has 0 spiro atoms. The van der Waals surface area contributed by atoms with Crippen LogP contribution in [0.15, 0.2) is 0 Å². The molecule has 17 heavy (non-hydrogen) atoms. The average Bonchev–Trinajstić information content (AvgIpc) is 2.21. The smallest absolute Gasteiger partial charge is 0.145 e. The van der Waals surface area contributed by atoms with E-state index >= 15 is 0 Å². The summed E-state index contributed by atoms with van der Waals surface area (Å²) < 4.78 is 5.92. The Kier molecular flexibility index (Phi) is 4.13. The molecule has 0 aromatic rings. The Balaban J connectivity index is 2.71. The fourth-order valence-electron chi connectivity index (χ4n) is 3.10. The Labute approximate surface area is 109 Å². The van der Waals surface area contributed by atoms with E-state index < -0.39 is 6.10 Å². The predicted molar refractivity (Wildman–Crippen MR) is 69.7 cm³/mol. The molecule has 0 aromatic heterocycles. The van der Waals surface area contributed by atoms with Gasteiger partial charge in [-0.05, 0) is 6.92 Å². The quantitative estimate of drug-likeness (QED) is 0.789. The second-order valence-corrected chi connectivity index (χ2v) is 7.02. The predicted octanol–water partition coefficient (Wildman–Crippen LogP) is 2.67. The highest BCUT2D eigenvalue weighted by molar-refractivity contribution is 6.20. The molecule has 4 heteroatoms. The lowest BCUT2D eigenvalue weighted by atomic mass is 9.50. The summed E-state index contributed by atoms with van der Waals surface area (Å²) >= 11 is 5.91. The van der Waals surface area contributed by atoms with E-state index in [1.807, 2.05) is 6.92 Å². The highest BCUT2D eigenvalue weighted by Crippen LogP contribution is 2.54. The lowest BCUT2D eigenvalue weighted by Crippen LogP contribution is -2.72. The van der Waals surface area contributed by atoms with E-state index in [0.717, 1.165) is 0 Å². The number of ether oxygens (including phenoxy) is 1. The molecular formula is C13H23ClN2O. The van der Waals surface area contributed by atoms with E-state index in [4.69, 9.17) is 27.3 Å². The van der Waals surface area contributed by atoms with E-state index in [1.54, 1.807) is 0 Å². The summed E-state index contributed by atoms with van der Waals surface area (Å²) in [5.41, 5.74) is 5.98. The first kappa shape index (κ1) is 14.8. The first-order chi connectivity index (χ1) is 7.64. The van der Waals surface area contributed by atoms with Crippen LogP contribution in [0.1, 0.15) is 41.0 Å². The number of nitrogens with two attached hydrogens (primary N) is 1. The van der Waals surface area contributed by atoms with Gasteiger partial charge in [0.25, 0.3) is 0 Å². The Bertz CT molecular complexity index is 304. The summed E-state index contributed by atoms with van der Waals surface area (Å²) in [6.45, 7) is 10.2. The van der Waals surface area contributed by atoms with Gasteiger partial charge in [-0.2, -0.15) is 5.26 Å². The molecule has 0 amide bonds. The summed E-state index contributed by atoms with van der Waals surface area (Å²) in [5, 5.41) is 9.03. The molecule has 1 aliphatic carbocycles. The summed E-state index contributed by atoms with van der Waals surface area (Å²) in [6.07, 6.45) is 0.110. The standard InChI is InChI=1S/C13H23ClN2O/c1-8(14)6-9(7-15)17-11-12(2,3)10(16)13(11,4)5/h8-11H,6,16H2,1-5H3. The van der Waals surface area contributed by atoms with Crippen LogP contribution >= 0.6 is 11.6 Å². The van der Waals surface area contributed by atoms with Crippen LogP contribution in [0.4, 0.5) is 0 Å². The minimum Gasteiger partial charge on any atom is -0.359 e. The second-order valence-electron chi connectivity index (χ2n) is 6.27.